The summed E-state index contributed by atoms with van der Waals surface area (Å²) in [5.74, 6) is 0.369. The Morgan fingerprint density at radius 1 is 1.00 bits per heavy atom. The van der Waals surface area contributed by atoms with Gasteiger partial charge < -0.3 is 13.9 Å². The van der Waals surface area contributed by atoms with Gasteiger partial charge in [0.1, 0.15) is 12.4 Å². The fraction of sp³-hybridized carbons (Fsp3) is 0.0833. The van der Waals surface area contributed by atoms with Gasteiger partial charge in [-0.05, 0) is 48.0 Å². The Kier molecular flexibility index (Phi) is 6.00. The molecule has 31 heavy (non-hydrogen) atoms. The third kappa shape index (κ3) is 4.75. The lowest BCUT2D eigenvalue weighted by Crippen LogP contribution is -2.03. The van der Waals surface area contributed by atoms with Gasteiger partial charge in [0.05, 0.1) is 24.4 Å². The normalized spacial score (nSPS) is 10.7. The molecule has 1 heterocycles. The molecule has 5 nitrogen and oxygen atoms in total. The first-order valence-corrected chi connectivity index (χ1v) is 9.74. The monoisotopic (exact) mass is 437 g/mol. The van der Waals surface area contributed by atoms with Crippen molar-refractivity contribution in [3.05, 3.63) is 99.6 Å². The highest BCUT2D eigenvalue weighted by Crippen LogP contribution is 2.33. The van der Waals surface area contributed by atoms with Gasteiger partial charge in [0, 0.05) is 10.6 Å². The first kappa shape index (κ1) is 20.6. The van der Waals surface area contributed by atoms with Gasteiger partial charge in [0.2, 0.25) is 5.89 Å². The van der Waals surface area contributed by atoms with Crippen LogP contribution in [0.15, 0.2) is 82.0 Å². The molecule has 0 atom stereocenters. The summed E-state index contributed by atoms with van der Waals surface area (Å²) in [5, 5.41) is 0.653. The van der Waals surface area contributed by atoms with Crippen molar-refractivity contribution in [2.75, 3.05) is 7.11 Å². The molecule has 3 aromatic carbocycles. The Bertz CT molecular complexity index is 1270. The van der Waals surface area contributed by atoms with Crippen LogP contribution >= 0.6 is 11.6 Å². The van der Waals surface area contributed by atoms with Crippen LogP contribution in [0.2, 0.25) is 5.02 Å². The van der Waals surface area contributed by atoms with E-state index in [0.717, 1.165) is 5.56 Å². The molecule has 156 valence electrons. The van der Waals surface area contributed by atoms with E-state index in [2.05, 4.69) is 4.98 Å². The third-order valence-electron chi connectivity index (χ3n) is 4.55. The predicted octanol–water partition coefficient (Wildman–Crippen LogP) is 5.75. The van der Waals surface area contributed by atoms with Crippen LogP contribution in [0.5, 0.6) is 11.5 Å². The number of methoxy groups -OCH3 is 1. The van der Waals surface area contributed by atoms with Crippen molar-refractivity contribution in [2.24, 2.45) is 0 Å². The Hall–Kier alpha value is -3.64. The molecule has 4 aromatic rings. The number of halogens is 2. The van der Waals surface area contributed by atoms with Gasteiger partial charge in [-0.15, -0.1) is 0 Å². The quantitative estimate of drug-likeness (QED) is 0.384. The average Bonchev–Trinajstić information content (AvgIpc) is 2.78. The lowest BCUT2D eigenvalue weighted by atomic mass is 10.1. The smallest absolute Gasteiger partial charge is 0.339 e. The van der Waals surface area contributed by atoms with Crippen molar-refractivity contribution < 1.29 is 18.3 Å². The maximum Gasteiger partial charge on any atom is 0.339 e. The molecule has 1 aromatic heterocycles. The van der Waals surface area contributed by atoms with Gasteiger partial charge in [-0.2, -0.15) is 0 Å². The zero-order chi connectivity index (χ0) is 21.8. The molecule has 0 saturated heterocycles. The van der Waals surface area contributed by atoms with Crippen molar-refractivity contribution in [1.29, 1.82) is 0 Å². The van der Waals surface area contributed by atoms with E-state index in [1.54, 1.807) is 42.5 Å². The van der Waals surface area contributed by atoms with Crippen molar-refractivity contribution in [3.8, 4) is 34.2 Å². The van der Waals surface area contributed by atoms with Gasteiger partial charge in [0.15, 0.2) is 11.5 Å². The van der Waals surface area contributed by atoms with E-state index < -0.39 is 11.4 Å². The minimum absolute atomic E-state index is 0.0948. The van der Waals surface area contributed by atoms with Crippen LogP contribution in [-0.4, -0.2) is 12.1 Å². The second-order valence-electron chi connectivity index (χ2n) is 6.63. The second kappa shape index (κ2) is 9.02. The van der Waals surface area contributed by atoms with Crippen molar-refractivity contribution >= 4 is 11.6 Å². The SMILES string of the molecule is COc1cc(-c2cc(=O)oc(-c3ccccc3F)n2)ccc1OCc1ccc(Cl)cc1. The first-order chi connectivity index (χ1) is 15.0. The van der Waals surface area contributed by atoms with Gasteiger partial charge in [-0.3, -0.25) is 0 Å². The number of aromatic nitrogens is 1. The number of nitrogens with zero attached hydrogens (tertiary/aromatic N) is 1. The molecule has 7 heteroatoms. The lowest BCUT2D eigenvalue weighted by molar-refractivity contribution is 0.284. The van der Waals surface area contributed by atoms with E-state index in [4.69, 9.17) is 25.5 Å². The summed E-state index contributed by atoms with van der Waals surface area (Å²) in [6.07, 6.45) is 0. The molecule has 0 N–H and O–H groups in total. The van der Waals surface area contributed by atoms with E-state index in [0.29, 0.717) is 34.4 Å². The van der Waals surface area contributed by atoms with E-state index >= 15 is 0 Å². The maximum atomic E-state index is 14.1. The number of ether oxygens (including phenoxy) is 2. The maximum absolute atomic E-state index is 14.1. The van der Waals surface area contributed by atoms with Crippen LogP contribution in [0, 0.1) is 5.82 Å². The predicted molar refractivity (Wildman–Crippen MR) is 116 cm³/mol. The molecule has 0 aliphatic carbocycles. The Morgan fingerprint density at radius 3 is 2.52 bits per heavy atom. The molecule has 0 saturated carbocycles. The van der Waals surface area contributed by atoms with Crippen molar-refractivity contribution in [3.63, 3.8) is 0 Å². The second-order valence-corrected chi connectivity index (χ2v) is 7.06. The number of hydrogen-bond donors (Lipinski definition) is 0. The first-order valence-electron chi connectivity index (χ1n) is 9.36. The highest BCUT2D eigenvalue weighted by Gasteiger charge is 2.14. The highest BCUT2D eigenvalue weighted by atomic mass is 35.5. The highest BCUT2D eigenvalue weighted by molar-refractivity contribution is 6.30. The molecule has 0 aliphatic rings. The summed E-state index contributed by atoms with van der Waals surface area (Å²) in [6.45, 7) is 0.331. The third-order valence-corrected chi connectivity index (χ3v) is 4.80. The van der Waals surface area contributed by atoms with E-state index in [9.17, 15) is 9.18 Å². The molecule has 0 bridgehead atoms. The summed E-state index contributed by atoms with van der Waals surface area (Å²) >= 11 is 5.91. The van der Waals surface area contributed by atoms with Crippen molar-refractivity contribution in [1.82, 2.24) is 4.98 Å². The zero-order valence-corrected chi connectivity index (χ0v) is 17.2. The Balaban J connectivity index is 1.64. The van der Waals surface area contributed by atoms with Crippen LogP contribution in [0.3, 0.4) is 0 Å². The van der Waals surface area contributed by atoms with Gasteiger partial charge in [0.25, 0.3) is 0 Å². The van der Waals surface area contributed by atoms with Crippen LogP contribution < -0.4 is 15.1 Å². The largest absolute Gasteiger partial charge is 0.493 e. The molecule has 0 fully saturated rings. The molecular weight excluding hydrogens is 421 g/mol. The van der Waals surface area contributed by atoms with Crippen LogP contribution in [0.1, 0.15) is 5.56 Å². The van der Waals surface area contributed by atoms with Crippen LogP contribution in [0.25, 0.3) is 22.7 Å². The van der Waals surface area contributed by atoms with E-state index in [-0.39, 0.29) is 11.5 Å². The van der Waals surface area contributed by atoms with Gasteiger partial charge in [-0.1, -0.05) is 35.9 Å². The fourth-order valence-electron chi connectivity index (χ4n) is 2.99. The molecule has 4 rings (SSSR count). The minimum atomic E-state index is -0.634. The molecule has 0 aliphatic heterocycles. The Labute approximate surface area is 182 Å². The van der Waals surface area contributed by atoms with E-state index in [1.165, 1.54) is 25.3 Å². The molecule has 0 amide bonds. The van der Waals surface area contributed by atoms with E-state index in [1.807, 2.05) is 12.1 Å². The summed E-state index contributed by atoms with van der Waals surface area (Å²) in [4.78, 5) is 16.4. The fourth-order valence-corrected chi connectivity index (χ4v) is 3.11. The molecule has 0 radical (unpaired) electrons. The van der Waals surface area contributed by atoms with Crippen LogP contribution in [-0.2, 0) is 6.61 Å². The van der Waals surface area contributed by atoms with Gasteiger partial charge >= 0.3 is 5.63 Å². The number of benzene rings is 3. The average molecular weight is 438 g/mol. The molecule has 0 spiro atoms. The van der Waals surface area contributed by atoms with Crippen molar-refractivity contribution in [2.45, 2.75) is 6.61 Å². The summed E-state index contributed by atoms with van der Waals surface area (Å²) in [7, 11) is 1.52. The summed E-state index contributed by atoms with van der Waals surface area (Å²) < 4.78 is 30.5. The topological polar surface area (TPSA) is 61.6 Å². The summed E-state index contributed by atoms with van der Waals surface area (Å²) in [5.41, 5.74) is 1.35. The zero-order valence-electron chi connectivity index (χ0n) is 16.5. The Morgan fingerprint density at radius 2 is 1.77 bits per heavy atom. The molecule has 0 unspecified atom stereocenters. The van der Waals surface area contributed by atoms with Crippen LogP contribution in [0.4, 0.5) is 4.39 Å². The number of rotatable bonds is 6. The standard InChI is InChI=1S/C24H17ClFNO4/c1-29-22-12-16(8-11-21(22)30-14-15-6-9-17(25)10-7-15)20-13-23(28)31-24(27-20)18-4-2-3-5-19(18)26/h2-13H,14H2,1H3. The van der Waals surface area contributed by atoms with Gasteiger partial charge in [-0.25, -0.2) is 14.2 Å². The number of hydrogen-bond acceptors (Lipinski definition) is 5. The minimum Gasteiger partial charge on any atom is -0.493 e. The summed E-state index contributed by atoms with van der Waals surface area (Å²) in [6, 6.07) is 19.7. The molecular formula is C24H17ClFNO4. The lowest BCUT2D eigenvalue weighted by Gasteiger charge is -2.12.